The Kier molecular flexibility index (Phi) is 15.8. The molecule has 1 saturated heterocycles. The number of hydrogen-bond acceptors (Lipinski definition) is 10. The Balaban J connectivity index is 2.33. The van der Waals surface area contributed by atoms with Crippen LogP contribution in [0, 0.1) is 0 Å². The number of ether oxygens (including phenoxy) is 3. The number of aliphatic hydroxyl groups is 2. The third-order valence-corrected chi connectivity index (χ3v) is 7.57. The Labute approximate surface area is 282 Å². The smallest absolute Gasteiger partial charge is 0.408 e. The van der Waals surface area contributed by atoms with Crippen LogP contribution in [-0.4, -0.2) is 114 Å². The number of rotatable bonds is 16. The predicted octanol–water partition coefficient (Wildman–Crippen LogP) is 0.979. The van der Waals surface area contributed by atoms with Gasteiger partial charge < -0.3 is 50.6 Å². The lowest BCUT2D eigenvalue weighted by atomic mass is 10.0. The van der Waals surface area contributed by atoms with E-state index in [1.807, 2.05) is 0 Å². The van der Waals surface area contributed by atoms with Crippen molar-refractivity contribution in [1.82, 2.24) is 26.2 Å². The van der Waals surface area contributed by atoms with Crippen molar-refractivity contribution in [3.8, 4) is 5.75 Å². The van der Waals surface area contributed by atoms with Crippen molar-refractivity contribution in [3.05, 3.63) is 42.6 Å². The zero-order valence-corrected chi connectivity index (χ0v) is 28.9. The molecule has 1 aliphatic heterocycles. The maximum Gasteiger partial charge on any atom is 0.408 e. The van der Waals surface area contributed by atoms with Crippen LogP contribution in [0.3, 0.4) is 0 Å². The molecule has 6 unspecified atom stereocenters. The number of alkyl carbamates (subject to hydrolysis) is 1. The number of nitrogens with one attached hydrogen (secondary N) is 4. The lowest BCUT2D eigenvalue weighted by Crippen LogP contribution is -2.58. The molecule has 0 radical (unpaired) electrons. The number of nitrogens with zero attached hydrogens (tertiary/aromatic N) is 2. The Morgan fingerprint density at radius 3 is 2.31 bits per heavy atom. The third-order valence-electron chi connectivity index (χ3n) is 7.57. The Hall–Kier alpha value is -4.21. The number of carbonyl (C=O) groups excluding carboxylic acids is 4. The van der Waals surface area contributed by atoms with Crippen LogP contribution in [0.1, 0.15) is 59.4 Å². The van der Waals surface area contributed by atoms with Gasteiger partial charge in [-0.2, -0.15) is 0 Å². The van der Waals surface area contributed by atoms with E-state index in [-0.39, 0.29) is 18.7 Å². The van der Waals surface area contributed by atoms with E-state index in [2.05, 4.69) is 32.8 Å². The topological polar surface area (TPSA) is 200 Å². The second-order valence-electron chi connectivity index (χ2n) is 12.5. The second-order valence-corrected chi connectivity index (χ2v) is 12.5. The molecule has 1 aliphatic rings. The first kappa shape index (κ1) is 40.0. The molecule has 0 aliphatic carbocycles. The zero-order valence-electron chi connectivity index (χ0n) is 28.9. The minimum absolute atomic E-state index is 0.0468. The minimum Gasteiger partial charge on any atom is -0.497 e. The summed E-state index contributed by atoms with van der Waals surface area (Å²) in [6, 6.07) is 3.67. The van der Waals surface area contributed by atoms with Crippen molar-refractivity contribution in [2.75, 3.05) is 27.3 Å². The first-order valence-electron chi connectivity index (χ1n) is 15.9. The highest BCUT2D eigenvalue weighted by Crippen LogP contribution is 2.24. The number of amides is 4. The van der Waals surface area contributed by atoms with Crippen molar-refractivity contribution >= 4 is 29.7 Å². The van der Waals surface area contributed by atoms with E-state index in [0.717, 1.165) is 0 Å². The van der Waals surface area contributed by atoms with Gasteiger partial charge in [0, 0.05) is 33.1 Å². The minimum atomic E-state index is -1.27. The number of likely N-dealkylation sites (N-methyl/N-ethyl adjacent to an activating group) is 1. The summed E-state index contributed by atoms with van der Waals surface area (Å²) < 4.78 is 16.5. The van der Waals surface area contributed by atoms with Crippen molar-refractivity contribution in [1.29, 1.82) is 0 Å². The van der Waals surface area contributed by atoms with E-state index in [1.54, 1.807) is 63.9 Å². The number of methoxy groups -OCH3 is 1. The Bertz CT molecular complexity index is 1270. The fourth-order valence-corrected chi connectivity index (χ4v) is 5.00. The predicted molar refractivity (Wildman–Crippen MR) is 179 cm³/mol. The molecule has 48 heavy (non-hydrogen) atoms. The number of unbranched alkanes of at least 4 members (excludes halogenated alkanes) is 1. The quantitative estimate of drug-likeness (QED) is 0.0833. The van der Waals surface area contributed by atoms with E-state index >= 15 is 0 Å². The van der Waals surface area contributed by atoms with Crippen molar-refractivity contribution in [2.24, 2.45) is 4.99 Å². The lowest BCUT2D eigenvalue weighted by molar-refractivity contribution is -0.131. The monoisotopic (exact) mass is 676 g/mol. The first-order valence-corrected chi connectivity index (χ1v) is 15.9. The average molecular weight is 677 g/mol. The van der Waals surface area contributed by atoms with Gasteiger partial charge in [0.25, 0.3) is 0 Å². The number of aliphatic hydroxyl groups excluding tert-OH is 2. The lowest BCUT2D eigenvalue weighted by Gasteiger charge is -2.29. The molecule has 2 rings (SSSR count). The zero-order chi connectivity index (χ0) is 36.0. The highest BCUT2D eigenvalue weighted by atomic mass is 16.6. The summed E-state index contributed by atoms with van der Waals surface area (Å²) in [6.07, 6.45) is -1.37. The third kappa shape index (κ3) is 12.8. The van der Waals surface area contributed by atoms with Gasteiger partial charge in [0.15, 0.2) is 6.23 Å². The summed E-state index contributed by atoms with van der Waals surface area (Å²) >= 11 is 0. The molecular weight excluding hydrogens is 624 g/mol. The van der Waals surface area contributed by atoms with Crippen LogP contribution in [0.5, 0.6) is 5.75 Å². The molecule has 1 heterocycles. The van der Waals surface area contributed by atoms with E-state index < -0.39 is 66.7 Å². The van der Waals surface area contributed by atoms with Crippen molar-refractivity contribution < 1.29 is 43.6 Å². The maximum absolute atomic E-state index is 13.9. The van der Waals surface area contributed by atoms with E-state index in [1.165, 1.54) is 20.2 Å². The number of amidine groups is 1. The van der Waals surface area contributed by atoms with Gasteiger partial charge in [-0.25, -0.2) is 9.79 Å². The summed E-state index contributed by atoms with van der Waals surface area (Å²) in [5.74, 6) is -0.366. The van der Waals surface area contributed by atoms with Gasteiger partial charge in [-0.1, -0.05) is 18.7 Å². The number of benzene rings is 1. The van der Waals surface area contributed by atoms with E-state index in [4.69, 9.17) is 14.2 Å². The normalized spacial score (nSPS) is 20.6. The fraction of sp³-hybridized carbons (Fsp3) is 0.606. The van der Waals surface area contributed by atoms with Gasteiger partial charge in [0.05, 0.1) is 19.8 Å². The Morgan fingerprint density at radius 2 is 1.75 bits per heavy atom. The number of carbonyl (C=O) groups is 4. The summed E-state index contributed by atoms with van der Waals surface area (Å²) in [6.45, 7) is 11.7. The molecule has 268 valence electrons. The fourth-order valence-electron chi connectivity index (χ4n) is 5.00. The maximum atomic E-state index is 13.9. The summed E-state index contributed by atoms with van der Waals surface area (Å²) in [5.41, 5.74) is -0.123. The summed E-state index contributed by atoms with van der Waals surface area (Å²) in [7, 11) is 3.18. The van der Waals surface area contributed by atoms with Gasteiger partial charge >= 0.3 is 6.09 Å². The van der Waals surface area contributed by atoms with Crippen molar-refractivity contribution in [3.63, 3.8) is 0 Å². The van der Waals surface area contributed by atoms with Gasteiger partial charge in [-0.15, -0.1) is 0 Å². The molecule has 6 atom stereocenters. The molecule has 1 aromatic rings. The van der Waals surface area contributed by atoms with Gasteiger partial charge in [0.2, 0.25) is 17.7 Å². The van der Waals surface area contributed by atoms with Crippen LogP contribution in [0.25, 0.3) is 0 Å². The van der Waals surface area contributed by atoms with Crippen LogP contribution < -0.4 is 26.0 Å². The molecule has 1 aromatic carbocycles. The molecule has 6 N–H and O–H groups in total. The molecule has 0 spiro atoms. The van der Waals surface area contributed by atoms with Crippen LogP contribution in [0.15, 0.2) is 42.0 Å². The van der Waals surface area contributed by atoms with Crippen LogP contribution in [0.4, 0.5) is 4.79 Å². The van der Waals surface area contributed by atoms with Crippen LogP contribution >= 0.6 is 0 Å². The molecule has 4 amide bonds. The van der Waals surface area contributed by atoms with Crippen LogP contribution in [-0.2, 0) is 30.3 Å². The van der Waals surface area contributed by atoms with Crippen LogP contribution in [0.2, 0.25) is 0 Å². The number of aliphatic imine (C=N–C) groups is 1. The molecule has 0 saturated carbocycles. The van der Waals surface area contributed by atoms with Gasteiger partial charge in [0.1, 0.15) is 41.5 Å². The highest BCUT2D eigenvalue weighted by Gasteiger charge is 2.47. The van der Waals surface area contributed by atoms with E-state index in [0.29, 0.717) is 36.5 Å². The van der Waals surface area contributed by atoms with Gasteiger partial charge in [-0.3, -0.25) is 14.4 Å². The first-order chi connectivity index (χ1) is 22.6. The molecule has 0 bridgehead atoms. The Morgan fingerprint density at radius 1 is 1.08 bits per heavy atom. The molecule has 1 fully saturated rings. The molecular formula is C33H52N6O9. The summed E-state index contributed by atoms with van der Waals surface area (Å²) in [5, 5.41) is 32.1. The van der Waals surface area contributed by atoms with Crippen molar-refractivity contribution in [2.45, 2.75) is 102 Å². The highest BCUT2D eigenvalue weighted by molar-refractivity contribution is 5.91. The molecule has 0 aromatic heterocycles. The van der Waals surface area contributed by atoms with E-state index in [9.17, 15) is 29.4 Å². The largest absolute Gasteiger partial charge is 0.497 e. The SMILES string of the molecule is C=CN=C(C)N(C)C1OC(CO)C(NC(=O)C(Cc2ccc(OC)cc2)NC(=O)C(CCCCNC(C)=O)NC(=O)OC(C)(C)C)C1O. The standard InChI is InChI=1S/C33H52N6O9/c1-9-34-20(2)39(7)31-28(42)27(26(19-40)47-31)38-30(44)25(18-22-13-15-23(46-8)16-14-22)36-29(43)24(12-10-11-17-35-21(3)41)37-32(45)48-33(4,5)6/h9,13-16,24-28,31,40,42H,1,10-12,17-19H2,2-8H3,(H,35,41)(H,36,43)(H,37,45)(H,38,44). The van der Waals surface area contributed by atoms with Gasteiger partial charge in [-0.05, 0) is 64.7 Å². The average Bonchev–Trinajstić information content (AvgIpc) is 3.33. The summed E-state index contributed by atoms with van der Waals surface area (Å²) in [4.78, 5) is 57.2. The second kappa shape index (κ2) is 19.0. The molecule has 15 heteroatoms. The number of hydrogen-bond donors (Lipinski definition) is 6. The molecule has 15 nitrogen and oxygen atoms in total.